The van der Waals surface area contributed by atoms with Crippen molar-refractivity contribution in [2.75, 3.05) is 11.9 Å². The van der Waals surface area contributed by atoms with E-state index in [-0.39, 0.29) is 12.0 Å². The Morgan fingerprint density at radius 1 is 1.08 bits per heavy atom. The van der Waals surface area contributed by atoms with E-state index in [9.17, 15) is 4.79 Å². The van der Waals surface area contributed by atoms with E-state index in [0.29, 0.717) is 13.0 Å². The molecule has 0 saturated heterocycles. The van der Waals surface area contributed by atoms with Crippen LogP contribution in [0.4, 0.5) is 5.69 Å². The first-order chi connectivity index (χ1) is 12.3. The Labute approximate surface area is 151 Å². The van der Waals surface area contributed by atoms with Gasteiger partial charge in [0.15, 0.2) is 0 Å². The monoisotopic (exact) mass is 349 g/mol. The molecule has 0 aliphatic carbocycles. The highest BCUT2D eigenvalue weighted by Gasteiger charge is 2.23. The van der Waals surface area contributed by atoms with Gasteiger partial charge in [0.1, 0.15) is 0 Å². The molecule has 0 radical (unpaired) electrons. The molecule has 0 saturated carbocycles. The van der Waals surface area contributed by atoms with Gasteiger partial charge in [-0.2, -0.15) is 0 Å². The van der Waals surface area contributed by atoms with Gasteiger partial charge in [-0.3, -0.25) is 4.79 Å². The van der Waals surface area contributed by atoms with E-state index in [2.05, 4.69) is 23.5 Å². The average molecular weight is 349 g/mol. The van der Waals surface area contributed by atoms with Crippen LogP contribution in [0.1, 0.15) is 23.7 Å². The third-order valence-corrected chi connectivity index (χ3v) is 5.35. The fourth-order valence-corrected chi connectivity index (χ4v) is 4.02. The highest BCUT2D eigenvalue weighted by atomic mass is 32.1. The maximum absolute atomic E-state index is 12.6. The number of hydrogen-bond donors (Lipinski definition) is 1. The summed E-state index contributed by atoms with van der Waals surface area (Å²) in [4.78, 5) is 13.8. The van der Waals surface area contributed by atoms with Gasteiger partial charge >= 0.3 is 0 Å². The van der Waals surface area contributed by atoms with Crippen LogP contribution in [-0.2, 0) is 16.0 Å². The van der Waals surface area contributed by atoms with E-state index in [1.807, 2.05) is 47.8 Å². The molecule has 0 fully saturated rings. The second-order valence-electron chi connectivity index (χ2n) is 6.08. The van der Waals surface area contributed by atoms with Crippen molar-refractivity contribution in [1.82, 2.24) is 0 Å². The zero-order chi connectivity index (χ0) is 17.1. The van der Waals surface area contributed by atoms with Gasteiger partial charge in [-0.25, -0.2) is 0 Å². The van der Waals surface area contributed by atoms with Crippen molar-refractivity contribution in [3.8, 4) is 10.4 Å². The van der Waals surface area contributed by atoms with Crippen LogP contribution in [0, 0.1) is 0 Å². The normalized spacial score (nSPS) is 16.2. The molecule has 1 aliphatic heterocycles. The van der Waals surface area contributed by atoms with E-state index < -0.39 is 0 Å². The molecule has 2 heterocycles. The standard InChI is InChI=1S/C21H19NO2S/c23-21(14-19-16-7-2-1-6-15(16)11-12-24-19)22-18-9-4-3-8-17(18)20-10-5-13-25-20/h1-10,13,19H,11-12,14H2,(H,22,23)/t19-/m1/s1. The molecule has 2 aromatic carbocycles. The SMILES string of the molecule is O=C(C[C@H]1OCCc2ccccc21)Nc1ccccc1-c1cccs1. The first-order valence-electron chi connectivity index (χ1n) is 8.43. The quantitative estimate of drug-likeness (QED) is 0.715. The number of hydrogen-bond acceptors (Lipinski definition) is 3. The predicted molar refractivity (Wildman–Crippen MR) is 102 cm³/mol. The van der Waals surface area contributed by atoms with Crippen LogP contribution < -0.4 is 5.32 Å². The van der Waals surface area contributed by atoms with Crippen molar-refractivity contribution in [3.05, 3.63) is 77.2 Å². The number of anilines is 1. The van der Waals surface area contributed by atoms with Gasteiger partial charge in [-0.1, -0.05) is 48.5 Å². The first kappa shape index (κ1) is 16.1. The Hall–Kier alpha value is -2.43. The Bertz CT molecular complexity index is 873. The van der Waals surface area contributed by atoms with Crippen LogP contribution >= 0.6 is 11.3 Å². The highest BCUT2D eigenvalue weighted by Crippen LogP contribution is 2.33. The maximum atomic E-state index is 12.6. The van der Waals surface area contributed by atoms with Crippen LogP contribution in [0.15, 0.2) is 66.0 Å². The van der Waals surface area contributed by atoms with E-state index in [4.69, 9.17) is 4.74 Å². The molecular weight excluding hydrogens is 330 g/mol. The van der Waals surface area contributed by atoms with E-state index >= 15 is 0 Å². The van der Waals surface area contributed by atoms with Crippen molar-refractivity contribution < 1.29 is 9.53 Å². The van der Waals surface area contributed by atoms with Crippen molar-refractivity contribution >= 4 is 22.9 Å². The Morgan fingerprint density at radius 2 is 1.92 bits per heavy atom. The maximum Gasteiger partial charge on any atom is 0.227 e. The molecule has 0 bridgehead atoms. The Morgan fingerprint density at radius 3 is 2.80 bits per heavy atom. The number of para-hydroxylation sites is 1. The number of benzene rings is 2. The number of thiophene rings is 1. The molecular formula is C21H19NO2S. The number of nitrogens with one attached hydrogen (secondary N) is 1. The van der Waals surface area contributed by atoms with Crippen molar-refractivity contribution in [2.24, 2.45) is 0 Å². The molecule has 3 aromatic rings. The second-order valence-corrected chi connectivity index (χ2v) is 7.03. The van der Waals surface area contributed by atoms with E-state index in [1.165, 1.54) is 5.56 Å². The molecule has 4 rings (SSSR count). The molecule has 25 heavy (non-hydrogen) atoms. The van der Waals surface area contributed by atoms with Gasteiger partial charge in [0.05, 0.1) is 19.1 Å². The third kappa shape index (κ3) is 3.50. The molecule has 126 valence electrons. The molecule has 3 nitrogen and oxygen atoms in total. The smallest absolute Gasteiger partial charge is 0.227 e. The summed E-state index contributed by atoms with van der Waals surface area (Å²) in [6.07, 6.45) is 1.07. The number of ether oxygens (including phenoxy) is 1. The number of rotatable bonds is 4. The summed E-state index contributed by atoms with van der Waals surface area (Å²) in [5, 5.41) is 5.11. The number of fused-ring (bicyclic) bond motifs is 1. The van der Waals surface area contributed by atoms with Crippen molar-refractivity contribution in [1.29, 1.82) is 0 Å². The van der Waals surface area contributed by atoms with Crippen LogP contribution in [0.5, 0.6) is 0 Å². The zero-order valence-electron chi connectivity index (χ0n) is 13.8. The lowest BCUT2D eigenvalue weighted by atomic mass is 9.95. The Balaban J connectivity index is 1.51. The molecule has 0 spiro atoms. The Kier molecular flexibility index (Phi) is 4.63. The van der Waals surface area contributed by atoms with Crippen LogP contribution in [0.25, 0.3) is 10.4 Å². The van der Waals surface area contributed by atoms with Crippen molar-refractivity contribution in [2.45, 2.75) is 18.9 Å². The lowest BCUT2D eigenvalue weighted by Gasteiger charge is -2.25. The molecule has 1 amide bonds. The minimum absolute atomic E-state index is 0.0225. The molecule has 1 aromatic heterocycles. The minimum Gasteiger partial charge on any atom is -0.373 e. The summed E-state index contributed by atoms with van der Waals surface area (Å²) in [6, 6.07) is 20.2. The van der Waals surface area contributed by atoms with E-state index in [0.717, 1.165) is 28.1 Å². The summed E-state index contributed by atoms with van der Waals surface area (Å²) >= 11 is 1.67. The van der Waals surface area contributed by atoms with Crippen molar-refractivity contribution in [3.63, 3.8) is 0 Å². The zero-order valence-corrected chi connectivity index (χ0v) is 14.6. The number of carbonyl (C=O) groups excluding carboxylic acids is 1. The number of carbonyl (C=O) groups is 1. The molecule has 0 unspecified atom stereocenters. The van der Waals surface area contributed by atoms with Gasteiger partial charge in [0, 0.05) is 16.1 Å². The first-order valence-corrected chi connectivity index (χ1v) is 9.31. The molecule has 1 aliphatic rings. The van der Waals surface area contributed by atoms with Crippen LogP contribution in [0.2, 0.25) is 0 Å². The summed E-state index contributed by atoms with van der Waals surface area (Å²) in [5.41, 5.74) is 4.32. The highest BCUT2D eigenvalue weighted by molar-refractivity contribution is 7.13. The van der Waals surface area contributed by atoms with Gasteiger partial charge in [-0.05, 0) is 35.1 Å². The van der Waals surface area contributed by atoms with Crippen LogP contribution in [-0.4, -0.2) is 12.5 Å². The van der Waals surface area contributed by atoms with Gasteiger partial charge < -0.3 is 10.1 Å². The predicted octanol–water partition coefficient (Wildman–Crippen LogP) is 5.06. The summed E-state index contributed by atoms with van der Waals surface area (Å²) in [6.45, 7) is 0.667. The molecule has 4 heteroatoms. The topological polar surface area (TPSA) is 38.3 Å². The summed E-state index contributed by atoms with van der Waals surface area (Å²) in [5.74, 6) is -0.0225. The van der Waals surface area contributed by atoms with Crippen LogP contribution in [0.3, 0.4) is 0 Å². The second kappa shape index (κ2) is 7.21. The lowest BCUT2D eigenvalue weighted by Crippen LogP contribution is -2.22. The average Bonchev–Trinajstić information content (AvgIpc) is 3.17. The summed E-state index contributed by atoms with van der Waals surface area (Å²) < 4.78 is 5.86. The van der Waals surface area contributed by atoms with Gasteiger partial charge in [-0.15, -0.1) is 11.3 Å². The fourth-order valence-electron chi connectivity index (χ4n) is 3.25. The van der Waals surface area contributed by atoms with Gasteiger partial charge in [0.25, 0.3) is 0 Å². The third-order valence-electron chi connectivity index (χ3n) is 4.45. The van der Waals surface area contributed by atoms with Gasteiger partial charge in [0.2, 0.25) is 5.91 Å². The molecule has 1 atom stereocenters. The van der Waals surface area contributed by atoms with E-state index in [1.54, 1.807) is 11.3 Å². The fraction of sp³-hybridized carbons (Fsp3) is 0.190. The largest absolute Gasteiger partial charge is 0.373 e. The summed E-state index contributed by atoms with van der Waals surface area (Å²) in [7, 11) is 0. The minimum atomic E-state index is -0.168. The molecule has 1 N–H and O–H groups in total. The number of amides is 1. The lowest BCUT2D eigenvalue weighted by molar-refractivity contribution is -0.119.